The molecule has 0 saturated carbocycles. The summed E-state index contributed by atoms with van der Waals surface area (Å²) in [5.74, 6) is 0.179. The van der Waals surface area contributed by atoms with Gasteiger partial charge < -0.3 is 10.2 Å². The third kappa shape index (κ3) is 5.36. The molecule has 1 N–H and O–H groups in total. The Morgan fingerprint density at radius 3 is 2.95 bits per heavy atom. The van der Waals surface area contributed by atoms with E-state index in [0.717, 1.165) is 32.9 Å². The number of aromatic nitrogens is 4. The predicted octanol–water partition coefficient (Wildman–Crippen LogP) is 4.84. The van der Waals surface area contributed by atoms with Crippen LogP contribution < -0.4 is 5.32 Å². The second-order valence-corrected chi connectivity index (χ2v) is 10.6. The van der Waals surface area contributed by atoms with Gasteiger partial charge in [-0.25, -0.2) is 14.4 Å². The number of aryl methyl sites for hydroxylation is 1. The first-order chi connectivity index (χ1) is 17.8. The lowest BCUT2D eigenvalue weighted by atomic mass is 10.0. The molecule has 37 heavy (non-hydrogen) atoms. The summed E-state index contributed by atoms with van der Waals surface area (Å²) in [6.45, 7) is 4.64. The minimum atomic E-state index is -0.470. The van der Waals surface area contributed by atoms with Gasteiger partial charge in [0.25, 0.3) is 0 Å². The molecule has 0 aliphatic carbocycles. The van der Waals surface area contributed by atoms with Gasteiger partial charge in [-0.15, -0.1) is 11.3 Å². The molecule has 1 amide bonds. The quantitative estimate of drug-likeness (QED) is 0.338. The maximum atomic E-state index is 13.6. The van der Waals surface area contributed by atoms with Crippen molar-refractivity contribution in [1.82, 2.24) is 29.5 Å². The number of halogens is 2. The van der Waals surface area contributed by atoms with E-state index in [0.29, 0.717) is 37.6 Å². The van der Waals surface area contributed by atoms with Crippen molar-refractivity contribution in [2.75, 3.05) is 25.5 Å². The standard InChI is InChI=1S/C26H27ClFN7OS/c1-16-17(12-31-34(16)3)13-33(2)9-4-5-23(36)35-10-8-19-22(14-35)37-26-24(19)25(29-15-30-26)32-18-6-7-21(28)20(27)11-18/h4-7,11-12,15H,8-10,13-14H2,1-3H3,(H,29,30,32). The van der Waals surface area contributed by atoms with Gasteiger partial charge in [0.1, 0.15) is 22.8 Å². The molecule has 0 saturated heterocycles. The molecule has 0 atom stereocenters. The predicted molar refractivity (Wildman–Crippen MR) is 145 cm³/mol. The van der Waals surface area contributed by atoms with E-state index in [1.807, 2.05) is 35.9 Å². The fourth-order valence-electron chi connectivity index (χ4n) is 4.41. The van der Waals surface area contributed by atoms with Crippen LogP contribution in [0.4, 0.5) is 15.9 Å². The maximum absolute atomic E-state index is 13.6. The van der Waals surface area contributed by atoms with Crippen LogP contribution in [0.1, 0.15) is 21.7 Å². The van der Waals surface area contributed by atoms with Crippen LogP contribution in [0.3, 0.4) is 0 Å². The fourth-order valence-corrected chi connectivity index (χ4v) is 5.80. The molecule has 0 radical (unpaired) electrons. The number of carbonyl (C=O) groups is 1. The van der Waals surface area contributed by atoms with Gasteiger partial charge in [-0.1, -0.05) is 17.7 Å². The normalized spacial score (nSPS) is 13.6. The van der Waals surface area contributed by atoms with Crippen molar-refractivity contribution in [2.45, 2.75) is 26.4 Å². The van der Waals surface area contributed by atoms with Crippen molar-refractivity contribution in [3.63, 3.8) is 0 Å². The second-order valence-electron chi connectivity index (χ2n) is 9.15. The number of nitrogens with one attached hydrogen (secondary N) is 1. The molecule has 8 nitrogen and oxygen atoms in total. The Balaban J connectivity index is 1.25. The summed E-state index contributed by atoms with van der Waals surface area (Å²) in [5, 5.41) is 8.52. The topological polar surface area (TPSA) is 79.2 Å². The van der Waals surface area contributed by atoms with E-state index in [1.165, 1.54) is 24.0 Å². The Labute approximate surface area is 223 Å². The number of rotatable bonds is 7. The summed E-state index contributed by atoms with van der Waals surface area (Å²) in [6.07, 6.45) is 7.68. The number of benzene rings is 1. The zero-order chi connectivity index (χ0) is 26.1. The first-order valence-electron chi connectivity index (χ1n) is 11.9. The van der Waals surface area contributed by atoms with E-state index >= 15 is 0 Å². The van der Waals surface area contributed by atoms with Crippen LogP contribution in [0, 0.1) is 12.7 Å². The summed E-state index contributed by atoms with van der Waals surface area (Å²) in [5.41, 5.74) is 4.12. The van der Waals surface area contributed by atoms with Crippen LogP contribution in [0.15, 0.2) is 42.9 Å². The molecule has 4 aromatic rings. The molecule has 3 aromatic heterocycles. The monoisotopic (exact) mass is 539 g/mol. The number of nitrogens with zero attached hydrogens (tertiary/aromatic N) is 6. The van der Waals surface area contributed by atoms with Crippen LogP contribution in [0.25, 0.3) is 10.2 Å². The van der Waals surface area contributed by atoms with E-state index in [-0.39, 0.29) is 10.9 Å². The summed E-state index contributed by atoms with van der Waals surface area (Å²) in [4.78, 5) is 27.8. The smallest absolute Gasteiger partial charge is 0.246 e. The fraction of sp³-hybridized carbons (Fsp3) is 0.308. The van der Waals surface area contributed by atoms with E-state index < -0.39 is 5.82 Å². The highest BCUT2D eigenvalue weighted by Gasteiger charge is 2.25. The summed E-state index contributed by atoms with van der Waals surface area (Å²) in [7, 11) is 3.96. The maximum Gasteiger partial charge on any atom is 0.246 e. The Kier molecular flexibility index (Phi) is 7.23. The van der Waals surface area contributed by atoms with Crippen molar-refractivity contribution in [2.24, 2.45) is 7.05 Å². The third-order valence-electron chi connectivity index (χ3n) is 6.59. The molecule has 1 aromatic carbocycles. The average molecular weight is 540 g/mol. The Bertz CT molecular complexity index is 1500. The number of fused-ring (bicyclic) bond motifs is 3. The van der Waals surface area contributed by atoms with Gasteiger partial charge in [0.15, 0.2) is 0 Å². The van der Waals surface area contributed by atoms with Gasteiger partial charge in [-0.2, -0.15) is 5.10 Å². The van der Waals surface area contributed by atoms with E-state index in [4.69, 9.17) is 11.6 Å². The van der Waals surface area contributed by atoms with Gasteiger partial charge >= 0.3 is 0 Å². The lowest BCUT2D eigenvalue weighted by molar-refractivity contribution is -0.126. The first-order valence-corrected chi connectivity index (χ1v) is 13.1. The molecular formula is C26H27ClFN7OS. The van der Waals surface area contributed by atoms with E-state index in [9.17, 15) is 9.18 Å². The highest BCUT2D eigenvalue weighted by molar-refractivity contribution is 7.19. The molecule has 0 spiro atoms. The Morgan fingerprint density at radius 1 is 1.35 bits per heavy atom. The highest BCUT2D eigenvalue weighted by atomic mass is 35.5. The van der Waals surface area contributed by atoms with Crippen molar-refractivity contribution < 1.29 is 9.18 Å². The number of anilines is 2. The molecule has 0 unspecified atom stereocenters. The minimum Gasteiger partial charge on any atom is -0.340 e. The number of thiophene rings is 1. The van der Waals surface area contributed by atoms with Crippen molar-refractivity contribution in [3.05, 3.63) is 75.4 Å². The van der Waals surface area contributed by atoms with Gasteiger partial charge in [-0.3, -0.25) is 14.4 Å². The molecule has 0 fully saturated rings. The molecular weight excluding hydrogens is 513 g/mol. The number of hydrogen-bond acceptors (Lipinski definition) is 7. The molecule has 5 rings (SSSR count). The highest BCUT2D eigenvalue weighted by Crippen LogP contribution is 2.38. The van der Waals surface area contributed by atoms with Gasteiger partial charge in [-0.05, 0) is 44.2 Å². The van der Waals surface area contributed by atoms with Crippen LogP contribution >= 0.6 is 22.9 Å². The van der Waals surface area contributed by atoms with Crippen LogP contribution in [-0.2, 0) is 31.4 Å². The molecule has 11 heteroatoms. The SMILES string of the molecule is Cc1c(CN(C)CC=CC(=O)N2CCc3c(sc4ncnc(Nc5ccc(F)c(Cl)c5)c34)C2)cnn1C. The lowest BCUT2D eigenvalue weighted by Gasteiger charge is -2.26. The molecule has 0 bridgehead atoms. The average Bonchev–Trinajstić information content (AvgIpc) is 3.41. The van der Waals surface area contributed by atoms with E-state index in [1.54, 1.807) is 23.5 Å². The zero-order valence-electron chi connectivity index (χ0n) is 20.8. The Morgan fingerprint density at radius 2 is 2.19 bits per heavy atom. The first kappa shape index (κ1) is 25.3. The summed E-state index contributed by atoms with van der Waals surface area (Å²) < 4.78 is 15.4. The minimum absolute atomic E-state index is 0.000508. The molecule has 1 aliphatic rings. The van der Waals surface area contributed by atoms with Crippen molar-refractivity contribution in [1.29, 1.82) is 0 Å². The van der Waals surface area contributed by atoms with Gasteiger partial charge in [0.2, 0.25) is 5.91 Å². The summed E-state index contributed by atoms with van der Waals surface area (Å²) in [6, 6.07) is 4.47. The summed E-state index contributed by atoms with van der Waals surface area (Å²) >= 11 is 7.51. The third-order valence-corrected chi connectivity index (χ3v) is 8.00. The largest absolute Gasteiger partial charge is 0.340 e. The lowest BCUT2D eigenvalue weighted by Crippen LogP contribution is -2.34. The Hall–Kier alpha value is -3.34. The van der Waals surface area contributed by atoms with Gasteiger partial charge in [0, 0.05) is 54.6 Å². The number of carbonyl (C=O) groups excluding carboxylic acids is 1. The van der Waals surface area contributed by atoms with Crippen LogP contribution in [0.2, 0.25) is 5.02 Å². The second kappa shape index (κ2) is 10.6. The van der Waals surface area contributed by atoms with Crippen LogP contribution in [0.5, 0.6) is 0 Å². The number of amides is 1. The molecule has 1 aliphatic heterocycles. The van der Waals surface area contributed by atoms with Crippen molar-refractivity contribution >= 4 is 50.6 Å². The van der Waals surface area contributed by atoms with Crippen LogP contribution in [-0.4, -0.2) is 55.6 Å². The van der Waals surface area contributed by atoms with Crippen molar-refractivity contribution in [3.8, 4) is 0 Å². The number of likely N-dealkylation sites (N-methyl/N-ethyl adjacent to an activating group) is 1. The zero-order valence-corrected chi connectivity index (χ0v) is 22.4. The van der Waals surface area contributed by atoms with Gasteiger partial charge in [0.05, 0.1) is 23.2 Å². The molecule has 4 heterocycles. The number of hydrogen-bond donors (Lipinski definition) is 1. The van der Waals surface area contributed by atoms with E-state index in [2.05, 4.69) is 32.2 Å². The molecule has 192 valence electrons.